The Balaban J connectivity index is 1.86. The third-order valence-corrected chi connectivity index (χ3v) is 3.11. The van der Waals surface area contributed by atoms with E-state index in [4.69, 9.17) is 5.73 Å². The van der Waals surface area contributed by atoms with Gasteiger partial charge < -0.3 is 16.0 Å². The van der Waals surface area contributed by atoms with E-state index in [1.165, 1.54) is 12.8 Å². The molecule has 0 radical (unpaired) electrons. The van der Waals surface area contributed by atoms with Gasteiger partial charge in [0.25, 0.3) is 5.91 Å². The minimum atomic E-state index is -0.158. The standard InChI is InChI=1S/C13H20N4O/c1-10(9-17-7-2-3-8-17)15-13(18)11-5-4-6-12(14)16-11/h4-6,10H,2-3,7-9H2,1H3,(H2,14,16)(H,15,18). The number of rotatable bonds is 4. The van der Waals surface area contributed by atoms with Gasteiger partial charge in [-0.15, -0.1) is 0 Å². The van der Waals surface area contributed by atoms with Gasteiger partial charge in [0.2, 0.25) is 0 Å². The third kappa shape index (κ3) is 3.43. The van der Waals surface area contributed by atoms with Crippen LogP contribution in [0.1, 0.15) is 30.3 Å². The summed E-state index contributed by atoms with van der Waals surface area (Å²) in [4.78, 5) is 18.3. The van der Waals surface area contributed by atoms with Gasteiger partial charge in [-0.2, -0.15) is 0 Å². The van der Waals surface area contributed by atoms with E-state index in [1.807, 2.05) is 6.92 Å². The number of anilines is 1. The normalized spacial score (nSPS) is 17.6. The average molecular weight is 248 g/mol. The van der Waals surface area contributed by atoms with Crippen LogP contribution in [0.2, 0.25) is 0 Å². The molecule has 1 amide bonds. The number of hydrogen-bond donors (Lipinski definition) is 2. The molecule has 1 unspecified atom stereocenters. The minimum Gasteiger partial charge on any atom is -0.384 e. The minimum absolute atomic E-state index is 0.124. The molecule has 1 aromatic heterocycles. The molecule has 0 spiro atoms. The van der Waals surface area contributed by atoms with Gasteiger partial charge in [-0.3, -0.25) is 4.79 Å². The van der Waals surface area contributed by atoms with E-state index in [0.29, 0.717) is 11.5 Å². The molecule has 18 heavy (non-hydrogen) atoms. The van der Waals surface area contributed by atoms with Crippen LogP contribution in [-0.2, 0) is 0 Å². The molecule has 5 heteroatoms. The number of nitrogens with two attached hydrogens (primary N) is 1. The summed E-state index contributed by atoms with van der Waals surface area (Å²) in [5, 5.41) is 2.95. The lowest BCUT2D eigenvalue weighted by Crippen LogP contribution is -2.41. The summed E-state index contributed by atoms with van der Waals surface area (Å²) < 4.78 is 0. The molecule has 1 aromatic rings. The molecule has 2 heterocycles. The van der Waals surface area contributed by atoms with E-state index in [-0.39, 0.29) is 11.9 Å². The van der Waals surface area contributed by atoms with Crippen molar-refractivity contribution < 1.29 is 4.79 Å². The predicted octanol–water partition coefficient (Wildman–Crippen LogP) is 0.878. The highest BCUT2D eigenvalue weighted by molar-refractivity contribution is 5.92. The first-order valence-electron chi connectivity index (χ1n) is 6.41. The summed E-state index contributed by atoms with van der Waals surface area (Å²) in [6.45, 7) is 5.18. The predicted molar refractivity (Wildman–Crippen MR) is 71.3 cm³/mol. The molecule has 0 aromatic carbocycles. The summed E-state index contributed by atoms with van der Waals surface area (Å²) >= 11 is 0. The molecule has 0 saturated carbocycles. The summed E-state index contributed by atoms with van der Waals surface area (Å²) in [6, 6.07) is 5.21. The van der Waals surface area contributed by atoms with Crippen LogP contribution in [0.4, 0.5) is 5.82 Å². The van der Waals surface area contributed by atoms with Gasteiger partial charge in [-0.1, -0.05) is 6.07 Å². The summed E-state index contributed by atoms with van der Waals surface area (Å²) in [5.41, 5.74) is 5.94. The number of amides is 1. The van der Waals surface area contributed by atoms with Gasteiger partial charge in [-0.05, 0) is 45.0 Å². The Morgan fingerprint density at radius 2 is 2.22 bits per heavy atom. The summed E-state index contributed by atoms with van der Waals surface area (Å²) in [7, 11) is 0. The average Bonchev–Trinajstić information content (AvgIpc) is 2.81. The molecule has 1 aliphatic heterocycles. The monoisotopic (exact) mass is 248 g/mol. The number of pyridine rings is 1. The lowest BCUT2D eigenvalue weighted by molar-refractivity contribution is 0.0927. The molecule has 5 nitrogen and oxygen atoms in total. The Labute approximate surface area is 107 Å². The van der Waals surface area contributed by atoms with Crippen LogP contribution >= 0.6 is 0 Å². The van der Waals surface area contributed by atoms with Crippen molar-refractivity contribution in [1.82, 2.24) is 15.2 Å². The van der Waals surface area contributed by atoms with Gasteiger partial charge in [0.05, 0.1) is 0 Å². The second-order valence-electron chi connectivity index (χ2n) is 4.83. The Bertz CT molecular complexity index is 415. The highest BCUT2D eigenvalue weighted by Crippen LogP contribution is 2.08. The van der Waals surface area contributed by atoms with Gasteiger partial charge >= 0.3 is 0 Å². The molecule has 98 valence electrons. The number of likely N-dealkylation sites (tertiary alicyclic amines) is 1. The van der Waals surface area contributed by atoms with E-state index in [1.54, 1.807) is 18.2 Å². The van der Waals surface area contributed by atoms with Crippen LogP contribution in [0, 0.1) is 0 Å². The fourth-order valence-corrected chi connectivity index (χ4v) is 2.27. The molecule has 1 atom stereocenters. The Morgan fingerprint density at radius 1 is 1.50 bits per heavy atom. The molecular weight excluding hydrogens is 228 g/mol. The zero-order valence-electron chi connectivity index (χ0n) is 10.7. The van der Waals surface area contributed by atoms with Crippen molar-refractivity contribution in [1.29, 1.82) is 0 Å². The Morgan fingerprint density at radius 3 is 2.89 bits per heavy atom. The van der Waals surface area contributed by atoms with Crippen LogP contribution in [0.15, 0.2) is 18.2 Å². The Kier molecular flexibility index (Phi) is 4.15. The summed E-state index contributed by atoms with van der Waals surface area (Å²) in [6.07, 6.45) is 2.52. The number of nitrogen functional groups attached to an aromatic ring is 1. The SMILES string of the molecule is CC(CN1CCCC1)NC(=O)c1cccc(N)n1. The number of carbonyl (C=O) groups excluding carboxylic acids is 1. The van der Waals surface area contributed by atoms with Crippen LogP contribution in [0.3, 0.4) is 0 Å². The quantitative estimate of drug-likeness (QED) is 0.829. The molecule has 3 N–H and O–H groups in total. The first-order chi connectivity index (χ1) is 8.65. The molecule has 1 aliphatic rings. The van der Waals surface area contributed by atoms with E-state index < -0.39 is 0 Å². The zero-order valence-corrected chi connectivity index (χ0v) is 10.7. The van der Waals surface area contributed by atoms with Crippen molar-refractivity contribution in [2.75, 3.05) is 25.4 Å². The maximum Gasteiger partial charge on any atom is 0.270 e. The van der Waals surface area contributed by atoms with E-state index >= 15 is 0 Å². The lowest BCUT2D eigenvalue weighted by atomic mass is 10.2. The van der Waals surface area contributed by atoms with Gasteiger partial charge in [0, 0.05) is 12.6 Å². The zero-order chi connectivity index (χ0) is 13.0. The second-order valence-corrected chi connectivity index (χ2v) is 4.83. The van der Waals surface area contributed by atoms with Crippen molar-refractivity contribution in [3.8, 4) is 0 Å². The van der Waals surface area contributed by atoms with Crippen LogP contribution < -0.4 is 11.1 Å². The number of aromatic nitrogens is 1. The van der Waals surface area contributed by atoms with E-state index in [0.717, 1.165) is 19.6 Å². The van der Waals surface area contributed by atoms with Crippen LogP contribution in [-0.4, -0.2) is 41.5 Å². The molecular formula is C13H20N4O. The van der Waals surface area contributed by atoms with Crippen molar-refractivity contribution in [3.05, 3.63) is 23.9 Å². The van der Waals surface area contributed by atoms with Crippen molar-refractivity contribution in [3.63, 3.8) is 0 Å². The molecule has 0 aliphatic carbocycles. The number of carbonyl (C=O) groups is 1. The van der Waals surface area contributed by atoms with Gasteiger partial charge in [0.1, 0.15) is 11.5 Å². The molecule has 2 rings (SSSR count). The highest BCUT2D eigenvalue weighted by Gasteiger charge is 2.17. The Hall–Kier alpha value is -1.62. The number of nitrogens with one attached hydrogen (secondary N) is 1. The lowest BCUT2D eigenvalue weighted by Gasteiger charge is -2.21. The van der Waals surface area contributed by atoms with Crippen molar-refractivity contribution in [2.45, 2.75) is 25.8 Å². The smallest absolute Gasteiger partial charge is 0.270 e. The first-order valence-corrected chi connectivity index (χ1v) is 6.41. The second kappa shape index (κ2) is 5.82. The van der Waals surface area contributed by atoms with Crippen LogP contribution in [0.5, 0.6) is 0 Å². The highest BCUT2D eigenvalue weighted by atomic mass is 16.1. The fraction of sp³-hybridized carbons (Fsp3) is 0.538. The maximum absolute atomic E-state index is 11.9. The topological polar surface area (TPSA) is 71.2 Å². The molecule has 1 saturated heterocycles. The van der Waals surface area contributed by atoms with Gasteiger partial charge in [-0.25, -0.2) is 4.98 Å². The maximum atomic E-state index is 11.9. The third-order valence-electron chi connectivity index (χ3n) is 3.11. The van der Waals surface area contributed by atoms with Crippen molar-refractivity contribution >= 4 is 11.7 Å². The van der Waals surface area contributed by atoms with E-state index in [2.05, 4.69) is 15.2 Å². The molecule has 0 bridgehead atoms. The molecule has 1 fully saturated rings. The number of hydrogen-bond acceptors (Lipinski definition) is 4. The number of nitrogens with zero attached hydrogens (tertiary/aromatic N) is 2. The largest absolute Gasteiger partial charge is 0.384 e. The summed E-state index contributed by atoms with van der Waals surface area (Å²) in [5.74, 6) is 0.212. The van der Waals surface area contributed by atoms with Gasteiger partial charge in [0.15, 0.2) is 0 Å². The first kappa shape index (κ1) is 12.8. The van der Waals surface area contributed by atoms with Crippen LogP contribution in [0.25, 0.3) is 0 Å². The van der Waals surface area contributed by atoms with E-state index in [9.17, 15) is 4.79 Å². The van der Waals surface area contributed by atoms with Crippen molar-refractivity contribution in [2.24, 2.45) is 0 Å². The fourth-order valence-electron chi connectivity index (χ4n) is 2.27.